The molecule has 3 aromatic heterocycles. The number of nitrogens with zero attached hydrogens (tertiary/aromatic N) is 2. The molecular formula is C24H27N2O+. The summed E-state index contributed by atoms with van der Waals surface area (Å²) < 4.78 is 47.9. The fourth-order valence-electron chi connectivity index (χ4n) is 3.50. The second kappa shape index (κ2) is 6.49. The van der Waals surface area contributed by atoms with E-state index in [1.54, 1.807) is 26.1 Å². The molecule has 4 aromatic rings. The molecule has 0 radical (unpaired) electrons. The Hall–Kier alpha value is -2.68. The maximum atomic E-state index is 8.39. The summed E-state index contributed by atoms with van der Waals surface area (Å²) in [6, 6.07) is 11.4. The minimum absolute atomic E-state index is 0.419. The van der Waals surface area contributed by atoms with Crippen molar-refractivity contribution in [2.24, 2.45) is 7.05 Å². The van der Waals surface area contributed by atoms with E-state index in [0.717, 1.165) is 27.6 Å². The van der Waals surface area contributed by atoms with E-state index >= 15 is 0 Å². The van der Waals surface area contributed by atoms with Crippen LogP contribution in [0.2, 0.25) is 0 Å². The molecule has 1 atom stereocenters. The lowest BCUT2D eigenvalue weighted by molar-refractivity contribution is -0.660. The zero-order chi connectivity index (χ0) is 23.6. The summed E-state index contributed by atoms with van der Waals surface area (Å²) in [5.41, 5.74) is 4.98. The SMILES string of the molecule is [2H]C(C)(C)c1ccc2c(n1)oc1c(-c3ccc(C([2H])(C)C([2H])([2H])[2H])c[n+]3C)c(C)ccc12. The Labute approximate surface area is 167 Å². The summed E-state index contributed by atoms with van der Waals surface area (Å²) in [4.78, 5) is 4.60. The highest BCUT2D eigenvalue weighted by atomic mass is 16.3. The third-order valence-corrected chi connectivity index (χ3v) is 5.05. The number of aryl methyl sites for hydroxylation is 2. The Morgan fingerprint density at radius 3 is 2.52 bits per heavy atom. The molecule has 4 rings (SSSR count). The molecule has 3 heterocycles. The lowest BCUT2D eigenvalue weighted by atomic mass is 9.99. The minimum atomic E-state index is -2.44. The largest absolute Gasteiger partial charge is 0.437 e. The van der Waals surface area contributed by atoms with Crippen molar-refractivity contribution in [3.63, 3.8) is 0 Å². The lowest BCUT2D eigenvalue weighted by Gasteiger charge is -2.08. The second-order valence-corrected chi connectivity index (χ2v) is 7.32. The van der Waals surface area contributed by atoms with E-state index in [1.165, 1.54) is 6.92 Å². The first-order valence-corrected chi connectivity index (χ1v) is 9.06. The van der Waals surface area contributed by atoms with Crippen LogP contribution >= 0.6 is 0 Å². The first-order chi connectivity index (χ1) is 14.7. The zero-order valence-electron chi connectivity index (χ0n) is 21.3. The molecule has 138 valence electrons. The molecule has 0 aliphatic carbocycles. The van der Waals surface area contributed by atoms with Crippen LogP contribution in [0, 0.1) is 6.92 Å². The van der Waals surface area contributed by atoms with Crippen molar-refractivity contribution in [2.75, 3.05) is 0 Å². The van der Waals surface area contributed by atoms with Crippen LogP contribution in [0.15, 0.2) is 47.0 Å². The molecule has 0 aliphatic heterocycles. The minimum Gasteiger partial charge on any atom is -0.437 e. The predicted molar refractivity (Wildman–Crippen MR) is 111 cm³/mol. The Morgan fingerprint density at radius 1 is 1.04 bits per heavy atom. The summed E-state index contributed by atoms with van der Waals surface area (Å²) in [5, 5.41) is 1.81. The van der Waals surface area contributed by atoms with Gasteiger partial charge in [-0.2, -0.15) is 0 Å². The summed E-state index contributed by atoms with van der Waals surface area (Å²) >= 11 is 0. The molecule has 0 bridgehead atoms. The molecule has 27 heavy (non-hydrogen) atoms. The number of aromatic nitrogens is 2. The molecule has 3 nitrogen and oxygen atoms in total. The van der Waals surface area contributed by atoms with Crippen molar-refractivity contribution in [1.82, 2.24) is 4.98 Å². The smallest absolute Gasteiger partial charge is 0.227 e. The standard InChI is InChI=1S/C24H27N2O/c1-14(2)17-8-12-21(26(6)13-17)22-16(5)7-9-18-19-10-11-20(15(3)4)25-24(19)27-23(18)22/h7-15H,1-6H3/q+1/i1D3,14D,15D. The fourth-order valence-corrected chi connectivity index (χ4v) is 3.50. The maximum Gasteiger partial charge on any atom is 0.227 e. The van der Waals surface area contributed by atoms with E-state index in [4.69, 9.17) is 11.3 Å². The summed E-state index contributed by atoms with van der Waals surface area (Å²) in [6.07, 6.45) is 1.70. The Balaban J connectivity index is 1.94. The van der Waals surface area contributed by atoms with Crippen molar-refractivity contribution in [1.29, 1.82) is 0 Å². The molecule has 0 spiro atoms. The number of hydrogen-bond donors (Lipinski definition) is 0. The highest BCUT2D eigenvalue weighted by molar-refractivity contribution is 6.08. The Morgan fingerprint density at radius 2 is 1.81 bits per heavy atom. The molecule has 3 heteroatoms. The average molecular weight is 365 g/mol. The Bertz CT molecular complexity index is 1350. The molecule has 0 amide bonds. The number of pyridine rings is 2. The van der Waals surface area contributed by atoms with Gasteiger partial charge in [-0.15, -0.1) is 0 Å². The first kappa shape index (κ1) is 12.7. The highest BCUT2D eigenvalue weighted by Crippen LogP contribution is 2.36. The number of hydrogen-bond acceptors (Lipinski definition) is 2. The molecule has 0 fully saturated rings. The predicted octanol–water partition coefficient (Wildman–Crippen LogP) is 6.03. The van der Waals surface area contributed by atoms with Gasteiger partial charge in [0.1, 0.15) is 7.05 Å². The van der Waals surface area contributed by atoms with E-state index in [9.17, 15) is 0 Å². The van der Waals surface area contributed by atoms with Gasteiger partial charge in [0.2, 0.25) is 11.4 Å². The van der Waals surface area contributed by atoms with Gasteiger partial charge in [0.25, 0.3) is 0 Å². The summed E-state index contributed by atoms with van der Waals surface area (Å²) in [6.45, 7) is 4.56. The van der Waals surface area contributed by atoms with Gasteiger partial charge >= 0.3 is 0 Å². The van der Waals surface area contributed by atoms with Crippen LogP contribution in [0.3, 0.4) is 0 Å². The zero-order valence-corrected chi connectivity index (χ0v) is 16.3. The molecule has 0 aliphatic rings. The topological polar surface area (TPSA) is 29.9 Å². The average Bonchev–Trinajstić information content (AvgIpc) is 3.04. The van der Waals surface area contributed by atoms with Crippen molar-refractivity contribution >= 4 is 22.1 Å². The van der Waals surface area contributed by atoms with E-state index in [2.05, 4.69) is 4.98 Å². The summed E-state index contributed by atoms with van der Waals surface area (Å²) in [5.74, 6) is -2.55. The van der Waals surface area contributed by atoms with Gasteiger partial charge in [-0.05, 0) is 42.5 Å². The van der Waals surface area contributed by atoms with Crippen LogP contribution in [-0.2, 0) is 7.05 Å². The van der Waals surface area contributed by atoms with Crippen molar-refractivity contribution in [2.45, 2.75) is 46.3 Å². The quantitative estimate of drug-likeness (QED) is 0.416. The number of rotatable bonds is 3. The third-order valence-electron chi connectivity index (χ3n) is 5.05. The molecule has 1 aromatic carbocycles. The monoisotopic (exact) mass is 364 g/mol. The normalized spacial score (nSPS) is 17.7. The van der Waals surface area contributed by atoms with E-state index in [-0.39, 0.29) is 0 Å². The van der Waals surface area contributed by atoms with Crippen LogP contribution < -0.4 is 4.57 Å². The van der Waals surface area contributed by atoms with Gasteiger partial charge in [-0.3, -0.25) is 0 Å². The van der Waals surface area contributed by atoms with Crippen LogP contribution in [0.5, 0.6) is 0 Å². The van der Waals surface area contributed by atoms with Gasteiger partial charge in [0.15, 0.2) is 11.8 Å². The Kier molecular flexibility index (Phi) is 3.04. The third kappa shape index (κ3) is 2.91. The molecule has 0 saturated carbocycles. The van der Waals surface area contributed by atoms with E-state index < -0.39 is 18.6 Å². The van der Waals surface area contributed by atoms with Crippen LogP contribution in [0.25, 0.3) is 33.3 Å². The van der Waals surface area contributed by atoms with Crippen molar-refractivity contribution < 1.29 is 15.8 Å². The molecular weight excluding hydrogens is 332 g/mol. The van der Waals surface area contributed by atoms with Gasteiger partial charge in [-0.25, -0.2) is 9.55 Å². The van der Waals surface area contributed by atoms with Gasteiger partial charge in [0.05, 0.1) is 5.56 Å². The highest BCUT2D eigenvalue weighted by Gasteiger charge is 2.21. The second-order valence-electron chi connectivity index (χ2n) is 7.32. The van der Waals surface area contributed by atoms with Gasteiger partial charge < -0.3 is 4.42 Å². The van der Waals surface area contributed by atoms with Crippen molar-refractivity contribution in [3.8, 4) is 11.3 Å². The van der Waals surface area contributed by atoms with E-state index in [0.29, 0.717) is 22.6 Å². The number of furan rings is 1. The fraction of sp³-hybridized carbons (Fsp3) is 0.333. The van der Waals surface area contributed by atoms with E-state index in [1.807, 2.05) is 48.9 Å². The van der Waals surface area contributed by atoms with Gasteiger partial charge in [-0.1, -0.05) is 39.8 Å². The molecule has 0 saturated heterocycles. The van der Waals surface area contributed by atoms with Crippen LogP contribution in [-0.4, -0.2) is 4.98 Å². The maximum absolute atomic E-state index is 8.39. The number of fused-ring (bicyclic) bond motifs is 3. The van der Waals surface area contributed by atoms with Crippen molar-refractivity contribution in [3.05, 3.63) is 59.4 Å². The van der Waals surface area contributed by atoms with Crippen LogP contribution in [0.1, 0.15) is 63.1 Å². The summed E-state index contributed by atoms with van der Waals surface area (Å²) in [7, 11) is 1.84. The first-order valence-electron chi connectivity index (χ1n) is 11.6. The lowest BCUT2D eigenvalue weighted by Crippen LogP contribution is -2.31. The number of benzene rings is 1. The molecule has 1 unspecified atom stereocenters. The molecule has 0 N–H and O–H groups in total. The van der Waals surface area contributed by atoms with Crippen LogP contribution in [0.4, 0.5) is 0 Å². The van der Waals surface area contributed by atoms with Gasteiger partial charge in [0, 0.05) is 34.9 Å².